The fraction of sp³-hybridized carbons (Fsp3) is 0.200. The first-order valence-electron chi connectivity index (χ1n) is 6.29. The first kappa shape index (κ1) is 16.5. The van der Waals surface area contributed by atoms with E-state index in [1.165, 1.54) is 20.3 Å². The quantitative estimate of drug-likeness (QED) is 0.606. The molecular formula is C15H14ClNO4S. The van der Waals surface area contributed by atoms with Gasteiger partial charge in [0.15, 0.2) is 11.5 Å². The average Bonchev–Trinajstić information content (AvgIpc) is 2.76. The summed E-state index contributed by atoms with van der Waals surface area (Å²) < 4.78 is 10.4. The second-order valence-electron chi connectivity index (χ2n) is 4.31. The number of amides is 2. The third-order valence-corrected chi connectivity index (χ3v) is 4.21. The Morgan fingerprint density at radius 1 is 1.27 bits per heavy atom. The molecule has 0 aromatic heterocycles. The van der Waals surface area contributed by atoms with Crippen LogP contribution in [0.15, 0.2) is 29.7 Å². The second kappa shape index (κ2) is 6.89. The van der Waals surface area contributed by atoms with Crippen LogP contribution in [0.5, 0.6) is 11.5 Å². The van der Waals surface area contributed by atoms with E-state index in [0.29, 0.717) is 27.0 Å². The fourth-order valence-electron chi connectivity index (χ4n) is 1.91. The zero-order valence-corrected chi connectivity index (χ0v) is 13.7. The number of thioether (sulfide) groups is 1. The van der Waals surface area contributed by atoms with E-state index < -0.39 is 0 Å². The van der Waals surface area contributed by atoms with Gasteiger partial charge in [-0.05, 0) is 29.5 Å². The van der Waals surface area contributed by atoms with E-state index >= 15 is 0 Å². The highest BCUT2D eigenvalue weighted by Crippen LogP contribution is 2.37. The van der Waals surface area contributed by atoms with Crippen molar-refractivity contribution in [3.63, 3.8) is 0 Å². The number of rotatable bonds is 5. The predicted octanol–water partition coefficient (Wildman–Crippen LogP) is 3.58. The lowest BCUT2D eigenvalue weighted by molar-refractivity contribution is -0.122. The maximum atomic E-state index is 12.2. The molecule has 5 nitrogen and oxygen atoms in total. The molecule has 2 rings (SSSR count). The molecule has 1 aromatic rings. The molecule has 1 fully saturated rings. The Morgan fingerprint density at radius 3 is 2.50 bits per heavy atom. The monoisotopic (exact) mass is 339 g/mol. The average molecular weight is 340 g/mol. The number of carbonyl (C=O) groups is 2. The number of methoxy groups -OCH3 is 2. The molecule has 1 aliphatic heterocycles. The number of benzene rings is 1. The Morgan fingerprint density at radius 2 is 1.91 bits per heavy atom. The van der Waals surface area contributed by atoms with Gasteiger partial charge >= 0.3 is 0 Å². The third-order valence-electron chi connectivity index (χ3n) is 2.97. The van der Waals surface area contributed by atoms with Crippen molar-refractivity contribution in [2.24, 2.45) is 0 Å². The van der Waals surface area contributed by atoms with Gasteiger partial charge in [-0.2, -0.15) is 0 Å². The molecule has 0 unspecified atom stereocenters. The molecule has 7 heteroatoms. The highest BCUT2D eigenvalue weighted by atomic mass is 35.5. The number of hydrogen-bond acceptors (Lipinski definition) is 5. The lowest BCUT2D eigenvalue weighted by atomic mass is 10.1. The van der Waals surface area contributed by atoms with E-state index in [1.54, 1.807) is 18.2 Å². The van der Waals surface area contributed by atoms with Crippen molar-refractivity contribution in [3.8, 4) is 11.5 Å². The Bertz CT molecular complexity index is 672. The van der Waals surface area contributed by atoms with Crippen LogP contribution in [0.3, 0.4) is 0 Å². The maximum Gasteiger partial charge on any atom is 0.293 e. The van der Waals surface area contributed by atoms with Crippen molar-refractivity contribution in [2.75, 3.05) is 20.8 Å². The van der Waals surface area contributed by atoms with Crippen molar-refractivity contribution >= 4 is 40.6 Å². The van der Waals surface area contributed by atoms with E-state index in [0.717, 1.165) is 16.7 Å². The molecule has 0 saturated carbocycles. The summed E-state index contributed by atoms with van der Waals surface area (Å²) in [6.07, 6.45) is 3.07. The molecular weight excluding hydrogens is 326 g/mol. The molecule has 22 heavy (non-hydrogen) atoms. The molecule has 0 N–H and O–H groups in total. The highest BCUT2D eigenvalue weighted by molar-refractivity contribution is 8.18. The van der Waals surface area contributed by atoms with Crippen LogP contribution >= 0.6 is 23.4 Å². The van der Waals surface area contributed by atoms with Crippen molar-refractivity contribution < 1.29 is 19.1 Å². The second-order valence-corrected chi connectivity index (χ2v) is 5.71. The van der Waals surface area contributed by atoms with Crippen LogP contribution in [-0.2, 0) is 4.79 Å². The Labute approximate surface area is 137 Å². The SMILES string of the molecule is C=CCN1C(=O)S/C(=C/c2cc(OC)c(OC)cc2Cl)C1=O. The van der Waals surface area contributed by atoms with E-state index in [1.807, 2.05) is 0 Å². The first-order valence-corrected chi connectivity index (χ1v) is 7.49. The van der Waals surface area contributed by atoms with Gasteiger partial charge in [0.2, 0.25) is 0 Å². The number of nitrogens with zero attached hydrogens (tertiary/aromatic N) is 1. The van der Waals surface area contributed by atoms with E-state index in [-0.39, 0.29) is 17.7 Å². The number of hydrogen-bond donors (Lipinski definition) is 0. The summed E-state index contributed by atoms with van der Waals surface area (Å²) in [5.74, 6) is 0.619. The summed E-state index contributed by atoms with van der Waals surface area (Å²) in [6.45, 7) is 3.71. The molecule has 1 aliphatic rings. The minimum Gasteiger partial charge on any atom is -0.493 e. The lowest BCUT2D eigenvalue weighted by Gasteiger charge is -2.10. The highest BCUT2D eigenvalue weighted by Gasteiger charge is 2.34. The van der Waals surface area contributed by atoms with Gasteiger partial charge in [-0.25, -0.2) is 0 Å². The molecule has 2 amide bonds. The van der Waals surface area contributed by atoms with Crippen molar-refractivity contribution in [1.82, 2.24) is 4.90 Å². The summed E-state index contributed by atoms with van der Waals surface area (Å²) in [4.78, 5) is 25.4. The predicted molar refractivity (Wildman–Crippen MR) is 87.4 cm³/mol. The zero-order chi connectivity index (χ0) is 16.3. The molecule has 0 bridgehead atoms. The van der Waals surface area contributed by atoms with Crippen LogP contribution in [0.4, 0.5) is 4.79 Å². The number of imide groups is 1. The van der Waals surface area contributed by atoms with Crippen LogP contribution in [0.2, 0.25) is 5.02 Å². The van der Waals surface area contributed by atoms with E-state index in [9.17, 15) is 9.59 Å². The molecule has 0 aliphatic carbocycles. The minimum absolute atomic E-state index is 0.182. The summed E-state index contributed by atoms with van der Waals surface area (Å²) in [5, 5.41) is 0.0703. The summed E-state index contributed by atoms with van der Waals surface area (Å²) in [6, 6.07) is 3.25. The lowest BCUT2D eigenvalue weighted by Crippen LogP contribution is -2.27. The third kappa shape index (κ3) is 3.13. The topological polar surface area (TPSA) is 55.8 Å². The molecule has 1 saturated heterocycles. The van der Waals surface area contributed by atoms with Gasteiger partial charge in [0.1, 0.15) is 0 Å². The van der Waals surface area contributed by atoms with Gasteiger partial charge < -0.3 is 9.47 Å². The molecule has 0 spiro atoms. The Hall–Kier alpha value is -1.92. The Balaban J connectivity index is 2.39. The Kier molecular flexibility index (Phi) is 5.15. The standard InChI is InChI=1S/C15H14ClNO4S/c1-4-5-17-14(18)13(22-15(17)19)7-9-6-11(20-2)12(21-3)8-10(9)16/h4,6-8H,1,5H2,2-3H3/b13-7+. The molecule has 0 radical (unpaired) electrons. The smallest absolute Gasteiger partial charge is 0.293 e. The molecule has 1 heterocycles. The van der Waals surface area contributed by atoms with Gasteiger partial charge in [0, 0.05) is 12.6 Å². The van der Waals surface area contributed by atoms with Gasteiger partial charge in [0.05, 0.1) is 24.1 Å². The molecule has 0 atom stereocenters. The largest absolute Gasteiger partial charge is 0.493 e. The minimum atomic E-state index is -0.360. The summed E-state index contributed by atoms with van der Waals surface area (Å²) in [5.41, 5.74) is 0.573. The molecule has 1 aromatic carbocycles. The number of carbonyl (C=O) groups excluding carboxylic acids is 2. The van der Waals surface area contributed by atoms with Gasteiger partial charge in [0.25, 0.3) is 11.1 Å². The first-order chi connectivity index (χ1) is 10.5. The normalized spacial score (nSPS) is 16.3. The van der Waals surface area contributed by atoms with Gasteiger partial charge in [-0.1, -0.05) is 17.7 Å². The van der Waals surface area contributed by atoms with Crippen LogP contribution in [0.1, 0.15) is 5.56 Å². The van der Waals surface area contributed by atoms with Crippen molar-refractivity contribution in [2.45, 2.75) is 0 Å². The number of ether oxygens (including phenoxy) is 2. The van der Waals surface area contributed by atoms with E-state index in [2.05, 4.69) is 6.58 Å². The zero-order valence-electron chi connectivity index (χ0n) is 12.1. The van der Waals surface area contributed by atoms with E-state index in [4.69, 9.17) is 21.1 Å². The van der Waals surface area contributed by atoms with Crippen molar-refractivity contribution in [3.05, 3.63) is 40.3 Å². The van der Waals surface area contributed by atoms with Crippen molar-refractivity contribution in [1.29, 1.82) is 0 Å². The van der Waals surface area contributed by atoms with Gasteiger partial charge in [-0.15, -0.1) is 6.58 Å². The van der Waals surface area contributed by atoms with Crippen LogP contribution in [0.25, 0.3) is 6.08 Å². The fourth-order valence-corrected chi connectivity index (χ4v) is 2.96. The number of halogens is 1. The molecule has 116 valence electrons. The maximum absolute atomic E-state index is 12.2. The van der Waals surface area contributed by atoms with Crippen LogP contribution < -0.4 is 9.47 Å². The van der Waals surface area contributed by atoms with Crippen LogP contribution in [0, 0.1) is 0 Å². The summed E-state index contributed by atoms with van der Waals surface area (Å²) >= 11 is 7.05. The summed E-state index contributed by atoms with van der Waals surface area (Å²) in [7, 11) is 3.02. The van der Waals surface area contributed by atoms with Crippen LogP contribution in [-0.4, -0.2) is 36.8 Å². The van der Waals surface area contributed by atoms with Gasteiger partial charge in [-0.3, -0.25) is 14.5 Å².